The molecule has 1 saturated carbocycles. The Morgan fingerprint density at radius 1 is 1.23 bits per heavy atom. The highest BCUT2D eigenvalue weighted by Gasteiger charge is 2.37. The number of benzene rings is 1. The molecule has 1 aromatic carbocycles. The smallest absolute Gasteiger partial charge is 0.0967 e. The van der Waals surface area contributed by atoms with E-state index >= 15 is 0 Å². The van der Waals surface area contributed by atoms with Crippen molar-refractivity contribution in [3.63, 3.8) is 0 Å². The maximum Gasteiger partial charge on any atom is 0.0967 e. The van der Waals surface area contributed by atoms with Crippen molar-refractivity contribution >= 4 is 12.4 Å². The molecule has 0 radical (unpaired) electrons. The molecular formula is C22H30N4. The van der Waals surface area contributed by atoms with Gasteiger partial charge in [0.05, 0.1) is 17.6 Å². The SMILES string of the molecule is C=NN(C1=C(N)C(=C/C)/C(=C\C)C(C2CC2)Cc2ccccc21)C(C)N. The van der Waals surface area contributed by atoms with Crippen LogP contribution >= 0.6 is 0 Å². The lowest BCUT2D eigenvalue weighted by Gasteiger charge is -2.33. The van der Waals surface area contributed by atoms with Crippen LogP contribution in [0, 0.1) is 11.8 Å². The number of hydrazone groups is 1. The van der Waals surface area contributed by atoms with Crippen molar-refractivity contribution in [3.8, 4) is 0 Å². The van der Waals surface area contributed by atoms with Gasteiger partial charge in [-0.2, -0.15) is 5.10 Å². The number of allylic oxidation sites excluding steroid dienone is 3. The van der Waals surface area contributed by atoms with Crippen LogP contribution < -0.4 is 11.5 Å². The quantitative estimate of drug-likeness (QED) is 0.490. The zero-order chi connectivity index (χ0) is 18.8. The number of hydrogen-bond acceptors (Lipinski definition) is 4. The van der Waals surface area contributed by atoms with E-state index in [1.807, 2.05) is 13.0 Å². The highest BCUT2D eigenvalue weighted by atomic mass is 15.5. The van der Waals surface area contributed by atoms with Crippen LogP contribution in [0.25, 0.3) is 5.70 Å². The standard InChI is InChI=1S/C22H30N4/c1-5-17-18(6-2)21(24)22(26(25-4)14(3)23)19-10-8-7-9-16(19)13-20(17)15-11-12-15/h5-10,14-15,20H,4,11-13,23-24H2,1-3H3/b17-5+,18-6+,22-21?. The summed E-state index contributed by atoms with van der Waals surface area (Å²) in [4.78, 5) is 0. The van der Waals surface area contributed by atoms with Crippen molar-refractivity contribution in [1.29, 1.82) is 0 Å². The largest absolute Gasteiger partial charge is 0.396 e. The van der Waals surface area contributed by atoms with E-state index in [0.29, 0.717) is 5.92 Å². The Morgan fingerprint density at radius 2 is 1.92 bits per heavy atom. The molecule has 0 amide bonds. The molecule has 4 N–H and O–H groups in total. The van der Waals surface area contributed by atoms with Crippen molar-refractivity contribution in [2.24, 2.45) is 28.4 Å². The molecule has 0 aliphatic heterocycles. The number of nitrogens with two attached hydrogens (primary N) is 2. The van der Waals surface area contributed by atoms with E-state index in [2.05, 4.69) is 56.0 Å². The molecule has 4 heteroatoms. The maximum atomic E-state index is 6.77. The Kier molecular flexibility index (Phi) is 5.33. The van der Waals surface area contributed by atoms with Gasteiger partial charge in [-0.1, -0.05) is 36.4 Å². The van der Waals surface area contributed by atoms with Gasteiger partial charge < -0.3 is 11.5 Å². The zero-order valence-electron chi connectivity index (χ0n) is 16.1. The number of fused-ring (bicyclic) bond motifs is 1. The average Bonchev–Trinajstić information content (AvgIpc) is 3.46. The summed E-state index contributed by atoms with van der Waals surface area (Å²) >= 11 is 0. The molecule has 0 bridgehead atoms. The van der Waals surface area contributed by atoms with E-state index in [0.717, 1.165) is 34.9 Å². The van der Waals surface area contributed by atoms with Crippen LogP contribution in [-0.2, 0) is 6.42 Å². The molecule has 26 heavy (non-hydrogen) atoms. The normalized spacial score (nSPS) is 24.8. The van der Waals surface area contributed by atoms with Crippen molar-refractivity contribution < 1.29 is 0 Å². The molecule has 0 aromatic heterocycles. The molecule has 138 valence electrons. The van der Waals surface area contributed by atoms with Gasteiger partial charge in [0.1, 0.15) is 0 Å². The minimum atomic E-state index is -0.320. The fourth-order valence-corrected chi connectivity index (χ4v) is 4.16. The van der Waals surface area contributed by atoms with Gasteiger partial charge >= 0.3 is 0 Å². The molecule has 3 rings (SSSR count). The fraction of sp³-hybridized carbons (Fsp3) is 0.409. The number of rotatable bonds is 4. The van der Waals surface area contributed by atoms with E-state index < -0.39 is 0 Å². The molecule has 1 fully saturated rings. The number of nitrogens with zero attached hydrogens (tertiary/aromatic N) is 2. The molecule has 2 unspecified atom stereocenters. The Morgan fingerprint density at radius 3 is 2.46 bits per heavy atom. The van der Waals surface area contributed by atoms with Gasteiger partial charge in [0.2, 0.25) is 0 Å². The Bertz CT molecular complexity index is 781. The van der Waals surface area contributed by atoms with Gasteiger partial charge in [0.15, 0.2) is 0 Å². The second-order valence-corrected chi connectivity index (χ2v) is 7.24. The average molecular weight is 351 g/mol. The maximum absolute atomic E-state index is 6.77. The van der Waals surface area contributed by atoms with Gasteiger partial charge in [-0.15, -0.1) is 0 Å². The lowest BCUT2D eigenvalue weighted by atomic mass is 9.78. The monoisotopic (exact) mass is 350 g/mol. The molecule has 1 aromatic rings. The van der Waals surface area contributed by atoms with Crippen molar-refractivity contribution in [1.82, 2.24) is 5.01 Å². The summed E-state index contributed by atoms with van der Waals surface area (Å²) in [7, 11) is 0. The predicted octanol–water partition coefficient (Wildman–Crippen LogP) is 4.01. The summed E-state index contributed by atoms with van der Waals surface area (Å²) in [5.41, 5.74) is 19.4. The molecule has 2 aliphatic rings. The highest BCUT2D eigenvalue weighted by molar-refractivity contribution is 5.76. The summed E-state index contributed by atoms with van der Waals surface area (Å²) in [6, 6.07) is 8.47. The Balaban J connectivity index is 2.29. The van der Waals surface area contributed by atoms with Crippen LogP contribution in [0.2, 0.25) is 0 Å². The lowest BCUT2D eigenvalue weighted by Crippen LogP contribution is -2.36. The first-order chi connectivity index (χ1) is 12.5. The summed E-state index contributed by atoms with van der Waals surface area (Å²) in [5, 5.41) is 5.93. The third-order valence-electron chi connectivity index (χ3n) is 5.53. The molecule has 0 saturated heterocycles. The number of hydrogen-bond donors (Lipinski definition) is 2. The van der Waals surface area contributed by atoms with Crippen LogP contribution in [0.4, 0.5) is 0 Å². The summed E-state index contributed by atoms with van der Waals surface area (Å²) in [5.74, 6) is 1.26. The third kappa shape index (κ3) is 3.21. The molecular weight excluding hydrogens is 320 g/mol. The lowest BCUT2D eigenvalue weighted by molar-refractivity contribution is 0.334. The summed E-state index contributed by atoms with van der Waals surface area (Å²) < 4.78 is 0. The van der Waals surface area contributed by atoms with Gasteiger partial charge in [-0.25, -0.2) is 5.01 Å². The zero-order valence-corrected chi connectivity index (χ0v) is 16.1. The Labute approximate surface area is 156 Å². The van der Waals surface area contributed by atoms with E-state index in [9.17, 15) is 0 Å². The topological polar surface area (TPSA) is 67.6 Å². The van der Waals surface area contributed by atoms with Gasteiger partial charge in [0, 0.05) is 12.3 Å². The Hall–Kier alpha value is -2.33. The molecule has 0 heterocycles. The molecule has 0 spiro atoms. The minimum Gasteiger partial charge on any atom is -0.396 e. The first-order valence-electron chi connectivity index (χ1n) is 9.46. The first-order valence-corrected chi connectivity index (χ1v) is 9.46. The first kappa shape index (κ1) is 18.5. The van der Waals surface area contributed by atoms with Crippen molar-refractivity contribution in [2.75, 3.05) is 0 Å². The summed E-state index contributed by atoms with van der Waals surface area (Å²) in [6.07, 6.45) is 7.65. The van der Waals surface area contributed by atoms with Crippen LogP contribution in [-0.4, -0.2) is 17.9 Å². The highest BCUT2D eigenvalue weighted by Crippen LogP contribution is 2.47. The van der Waals surface area contributed by atoms with Crippen LogP contribution in [0.3, 0.4) is 0 Å². The van der Waals surface area contributed by atoms with E-state index in [-0.39, 0.29) is 6.17 Å². The summed E-state index contributed by atoms with van der Waals surface area (Å²) in [6.45, 7) is 9.80. The second kappa shape index (κ2) is 7.50. The van der Waals surface area contributed by atoms with Crippen molar-refractivity contribution in [3.05, 3.63) is 64.4 Å². The van der Waals surface area contributed by atoms with Crippen LogP contribution in [0.5, 0.6) is 0 Å². The van der Waals surface area contributed by atoms with E-state index in [1.54, 1.807) is 5.01 Å². The van der Waals surface area contributed by atoms with Gasteiger partial charge in [-0.3, -0.25) is 0 Å². The predicted molar refractivity (Wildman–Crippen MR) is 110 cm³/mol. The molecule has 4 nitrogen and oxygen atoms in total. The van der Waals surface area contributed by atoms with Crippen LogP contribution in [0.1, 0.15) is 44.7 Å². The molecule has 2 aliphatic carbocycles. The van der Waals surface area contributed by atoms with Gasteiger partial charge in [-0.05, 0) is 68.6 Å². The fourth-order valence-electron chi connectivity index (χ4n) is 4.16. The van der Waals surface area contributed by atoms with E-state index in [4.69, 9.17) is 11.5 Å². The third-order valence-corrected chi connectivity index (χ3v) is 5.53. The second-order valence-electron chi connectivity index (χ2n) is 7.24. The van der Waals surface area contributed by atoms with E-state index in [1.165, 1.54) is 24.0 Å². The molecule has 2 atom stereocenters. The van der Waals surface area contributed by atoms with Gasteiger partial charge in [0.25, 0.3) is 0 Å². The minimum absolute atomic E-state index is 0.320. The van der Waals surface area contributed by atoms with Crippen LogP contribution in [0.15, 0.2) is 58.4 Å². The van der Waals surface area contributed by atoms with Crippen molar-refractivity contribution in [2.45, 2.75) is 46.2 Å².